The average Bonchev–Trinajstić information content (AvgIpc) is 2.58. The van der Waals surface area contributed by atoms with Crippen molar-refractivity contribution in [1.82, 2.24) is 0 Å². The molecule has 4 heteroatoms. The third-order valence-corrected chi connectivity index (χ3v) is 8.09. The Kier molecular flexibility index (Phi) is 4.23. The van der Waals surface area contributed by atoms with Gasteiger partial charge in [-0.05, 0) is 55.4 Å². The van der Waals surface area contributed by atoms with Gasteiger partial charge in [0.05, 0.1) is 13.2 Å². The SMILES string of the molecule is COc1cc2c(cc1O)OC1(C)CCC3C(C)(C)CCCC3(C)C1C2OC. The Labute approximate surface area is 163 Å². The zero-order valence-electron chi connectivity index (χ0n) is 17.6. The van der Waals surface area contributed by atoms with Crippen LogP contribution in [0.5, 0.6) is 17.2 Å². The van der Waals surface area contributed by atoms with Crippen LogP contribution in [0.15, 0.2) is 12.1 Å². The predicted molar refractivity (Wildman–Crippen MR) is 105 cm³/mol. The maximum Gasteiger partial charge on any atom is 0.161 e. The van der Waals surface area contributed by atoms with E-state index in [1.807, 2.05) is 6.07 Å². The number of fused-ring (bicyclic) bond motifs is 4. The Balaban J connectivity index is 1.86. The number of phenols is 1. The fraction of sp³-hybridized carbons (Fsp3) is 0.739. The first-order chi connectivity index (χ1) is 12.7. The first-order valence-electron chi connectivity index (χ1n) is 10.3. The quantitative estimate of drug-likeness (QED) is 0.744. The van der Waals surface area contributed by atoms with Gasteiger partial charge in [-0.25, -0.2) is 0 Å². The molecule has 4 nitrogen and oxygen atoms in total. The third-order valence-electron chi connectivity index (χ3n) is 8.09. The first-order valence-corrected chi connectivity index (χ1v) is 10.3. The van der Waals surface area contributed by atoms with Gasteiger partial charge in [0, 0.05) is 24.7 Å². The summed E-state index contributed by atoms with van der Waals surface area (Å²) in [6.45, 7) is 9.60. The maximum absolute atomic E-state index is 10.3. The van der Waals surface area contributed by atoms with E-state index < -0.39 is 0 Å². The van der Waals surface area contributed by atoms with Crippen molar-refractivity contribution < 1.29 is 19.3 Å². The lowest BCUT2D eigenvalue weighted by molar-refractivity contribution is -0.207. The van der Waals surface area contributed by atoms with Gasteiger partial charge in [-0.3, -0.25) is 0 Å². The molecule has 1 aromatic rings. The molecule has 1 aliphatic heterocycles. The maximum atomic E-state index is 10.3. The molecule has 4 rings (SSSR count). The molecule has 2 saturated carbocycles. The largest absolute Gasteiger partial charge is 0.504 e. The van der Waals surface area contributed by atoms with Crippen LogP contribution in [0.1, 0.15) is 71.5 Å². The highest BCUT2D eigenvalue weighted by atomic mass is 16.5. The predicted octanol–water partition coefficient (Wildman–Crippen LogP) is 5.48. The van der Waals surface area contributed by atoms with Crippen LogP contribution in [-0.4, -0.2) is 24.9 Å². The average molecular weight is 375 g/mol. The third kappa shape index (κ3) is 2.59. The van der Waals surface area contributed by atoms with Gasteiger partial charge in [-0.2, -0.15) is 0 Å². The number of ether oxygens (including phenoxy) is 3. The van der Waals surface area contributed by atoms with E-state index in [4.69, 9.17) is 14.2 Å². The zero-order valence-corrected chi connectivity index (χ0v) is 17.6. The highest BCUT2D eigenvalue weighted by Crippen LogP contribution is 2.67. The van der Waals surface area contributed by atoms with Crippen molar-refractivity contribution in [2.45, 2.75) is 71.5 Å². The van der Waals surface area contributed by atoms with E-state index in [1.165, 1.54) is 25.7 Å². The van der Waals surface area contributed by atoms with E-state index >= 15 is 0 Å². The summed E-state index contributed by atoms with van der Waals surface area (Å²) in [5.74, 6) is 2.26. The van der Waals surface area contributed by atoms with E-state index in [0.29, 0.717) is 17.1 Å². The van der Waals surface area contributed by atoms with Crippen LogP contribution in [0.2, 0.25) is 0 Å². The standard InChI is InChI=1S/C23H34O4/c1-21(2)9-7-10-22(3)18(21)8-11-23(4)20(22)19(26-6)14-12-17(25-5)15(24)13-16(14)27-23/h12-13,18-20,24H,7-11H2,1-6H3. The Bertz CT molecular complexity index is 742. The molecule has 0 spiro atoms. The fourth-order valence-electron chi connectivity index (χ4n) is 7.06. The molecular weight excluding hydrogens is 340 g/mol. The van der Waals surface area contributed by atoms with Gasteiger partial charge in [-0.1, -0.05) is 27.2 Å². The van der Waals surface area contributed by atoms with Crippen LogP contribution >= 0.6 is 0 Å². The molecule has 1 N–H and O–H groups in total. The summed E-state index contributed by atoms with van der Waals surface area (Å²) in [6, 6.07) is 3.60. The molecule has 3 aliphatic rings. The molecular formula is C23H34O4. The van der Waals surface area contributed by atoms with Crippen molar-refractivity contribution in [2.24, 2.45) is 22.7 Å². The van der Waals surface area contributed by atoms with Crippen LogP contribution < -0.4 is 9.47 Å². The van der Waals surface area contributed by atoms with E-state index in [9.17, 15) is 5.11 Å². The van der Waals surface area contributed by atoms with Crippen molar-refractivity contribution >= 4 is 0 Å². The smallest absolute Gasteiger partial charge is 0.161 e. The molecule has 27 heavy (non-hydrogen) atoms. The van der Waals surface area contributed by atoms with Crippen LogP contribution in [0.4, 0.5) is 0 Å². The summed E-state index contributed by atoms with van der Waals surface area (Å²) >= 11 is 0. The lowest BCUT2D eigenvalue weighted by atomic mass is 9.44. The second kappa shape index (κ2) is 6.04. The van der Waals surface area contributed by atoms with E-state index in [0.717, 1.165) is 17.7 Å². The van der Waals surface area contributed by atoms with Crippen LogP contribution in [0.3, 0.4) is 0 Å². The molecule has 1 heterocycles. The molecule has 150 valence electrons. The van der Waals surface area contributed by atoms with Gasteiger partial charge in [0.15, 0.2) is 11.5 Å². The molecule has 2 fully saturated rings. The van der Waals surface area contributed by atoms with Crippen molar-refractivity contribution in [3.63, 3.8) is 0 Å². The van der Waals surface area contributed by atoms with E-state index in [2.05, 4.69) is 27.7 Å². The second-order valence-electron chi connectivity index (χ2n) is 10.0. The van der Waals surface area contributed by atoms with Crippen molar-refractivity contribution in [3.8, 4) is 17.2 Å². The minimum atomic E-state index is -0.284. The molecule has 0 aromatic heterocycles. The Hall–Kier alpha value is -1.42. The highest BCUT2D eigenvalue weighted by Gasteiger charge is 2.63. The molecule has 2 aliphatic carbocycles. The molecule has 0 saturated heterocycles. The topological polar surface area (TPSA) is 47.9 Å². The lowest BCUT2D eigenvalue weighted by Crippen LogP contribution is -2.62. The van der Waals surface area contributed by atoms with E-state index in [-0.39, 0.29) is 28.8 Å². The number of methoxy groups -OCH3 is 2. The highest BCUT2D eigenvalue weighted by molar-refractivity contribution is 5.52. The second-order valence-corrected chi connectivity index (χ2v) is 10.0. The summed E-state index contributed by atoms with van der Waals surface area (Å²) in [4.78, 5) is 0. The van der Waals surface area contributed by atoms with Gasteiger partial charge in [-0.15, -0.1) is 0 Å². The van der Waals surface area contributed by atoms with Crippen LogP contribution in [0, 0.1) is 22.7 Å². The molecule has 0 bridgehead atoms. The van der Waals surface area contributed by atoms with Gasteiger partial charge in [0.25, 0.3) is 0 Å². The van der Waals surface area contributed by atoms with Crippen LogP contribution in [0.25, 0.3) is 0 Å². The minimum Gasteiger partial charge on any atom is -0.504 e. The van der Waals surface area contributed by atoms with Gasteiger partial charge >= 0.3 is 0 Å². The molecule has 0 amide bonds. The van der Waals surface area contributed by atoms with Gasteiger partial charge < -0.3 is 19.3 Å². The number of phenolic OH excluding ortho intramolecular Hbond substituents is 1. The van der Waals surface area contributed by atoms with Crippen molar-refractivity contribution in [3.05, 3.63) is 17.7 Å². The fourth-order valence-corrected chi connectivity index (χ4v) is 7.06. The minimum absolute atomic E-state index is 0.0602. The molecule has 1 aromatic carbocycles. The lowest BCUT2D eigenvalue weighted by Gasteiger charge is -2.64. The van der Waals surface area contributed by atoms with Crippen LogP contribution in [-0.2, 0) is 4.74 Å². The summed E-state index contributed by atoms with van der Waals surface area (Å²) in [5.41, 5.74) is 1.23. The summed E-state index contributed by atoms with van der Waals surface area (Å²) in [7, 11) is 3.39. The van der Waals surface area contributed by atoms with Gasteiger partial charge in [0.2, 0.25) is 0 Å². The summed E-state index contributed by atoms with van der Waals surface area (Å²) in [6.07, 6.45) is 5.92. The van der Waals surface area contributed by atoms with Crippen molar-refractivity contribution in [1.29, 1.82) is 0 Å². The number of aromatic hydroxyl groups is 1. The molecule has 5 atom stereocenters. The number of hydrogen-bond donors (Lipinski definition) is 1. The number of benzene rings is 1. The first kappa shape index (κ1) is 18.9. The Morgan fingerprint density at radius 2 is 1.81 bits per heavy atom. The number of rotatable bonds is 2. The normalized spacial score (nSPS) is 39.6. The molecule has 5 unspecified atom stereocenters. The Morgan fingerprint density at radius 3 is 2.48 bits per heavy atom. The summed E-state index contributed by atoms with van der Waals surface area (Å²) in [5, 5.41) is 10.3. The number of hydrogen-bond acceptors (Lipinski definition) is 4. The van der Waals surface area contributed by atoms with Gasteiger partial charge in [0.1, 0.15) is 11.4 Å². The Morgan fingerprint density at radius 1 is 1.07 bits per heavy atom. The van der Waals surface area contributed by atoms with E-state index in [1.54, 1.807) is 20.3 Å². The monoisotopic (exact) mass is 374 g/mol. The van der Waals surface area contributed by atoms with Crippen molar-refractivity contribution in [2.75, 3.05) is 14.2 Å². The summed E-state index contributed by atoms with van der Waals surface area (Å²) < 4.78 is 18.1. The molecule has 0 radical (unpaired) electrons. The zero-order chi connectivity index (χ0) is 19.6.